The fraction of sp³-hybridized carbons (Fsp3) is 0.417. The summed E-state index contributed by atoms with van der Waals surface area (Å²) < 4.78 is 12.0. The summed E-state index contributed by atoms with van der Waals surface area (Å²) >= 11 is 2.22. The van der Waals surface area contributed by atoms with E-state index in [2.05, 4.69) is 27.9 Å². The minimum atomic E-state index is -0.601. The zero-order valence-electron chi connectivity index (χ0n) is 18.0. The predicted molar refractivity (Wildman–Crippen MR) is 128 cm³/mol. The lowest BCUT2D eigenvalue weighted by Gasteiger charge is -2.29. The Labute approximate surface area is 197 Å². The topological polar surface area (TPSA) is 67.9 Å². The molecule has 0 radical (unpaired) electrons. The normalized spacial score (nSPS) is 14.7. The molecule has 1 atom stereocenters. The van der Waals surface area contributed by atoms with Crippen LogP contribution in [0, 0.1) is 3.57 Å². The second-order valence-electron chi connectivity index (χ2n) is 7.78. The molecule has 1 aliphatic carbocycles. The standard InChI is InChI=1S/C24H29IN2O4/c1-17(24(29)26-20-5-3-4-6-20)27(15-18-7-11-21(30-2)12-8-18)23(28)16-31-22-13-9-19(25)10-14-22/h7-14,17,20H,3-6,15-16H2,1-2H3,(H,26,29)/t17-/m1/s1. The quantitative estimate of drug-likeness (QED) is 0.489. The highest BCUT2D eigenvalue weighted by molar-refractivity contribution is 14.1. The summed E-state index contributed by atoms with van der Waals surface area (Å²) in [6.45, 7) is 1.96. The van der Waals surface area contributed by atoms with Crippen LogP contribution in [0.4, 0.5) is 0 Å². The molecule has 2 aromatic rings. The number of nitrogens with zero attached hydrogens (tertiary/aromatic N) is 1. The Hall–Kier alpha value is -2.29. The predicted octanol–water partition coefficient (Wildman–Crippen LogP) is 4.15. The largest absolute Gasteiger partial charge is 0.497 e. The highest BCUT2D eigenvalue weighted by atomic mass is 127. The molecule has 0 spiro atoms. The van der Waals surface area contributed by atoms with Crippen LogP contribution >= 0.6 is 22.6 Å². The summed E-state index contributed by atoms with van der Waals surface area (Å²) in [5, 5.41) is 3.10. The highest BCUT2D eigenvalue weighted by Gasteiger charge is 2.28. The van der Waals surface area contributed by atoms with E-state index in [1.807, 2.05) is 48.5 Å². The summed E-state index contributed by atoms with van der Waals surface area (Å²) in [6.07, 6.45) is 4.27. The van der Waals surface area contributed by atoms with E-state index in [4.69, 9.17) is 9.47 Å². The molecule has 0 heterocycles. The number of hydrogen-bond donors (Lipinski definition) is 1. The fourth-order valence-corrected chi connectivity index (χ4v) is 4.02. The first-order valence-electron chi connectivity index (χ1n) is 10.6. The average molecular weight is 536 g/mol. The van der Waals surface area contributed by atoms with E-state index in [0.717, 1.165) is 40.6 Å². The number of ether oxygens (including phenoxy) is 2. The van der Waals surface area contributed by atoms with Gasteiger partial charge in [0.2, 0.25) is 5.91 Å². The Morgan fingerprint density at radius 1 is 1.06 bits per heavy atom. The van der Waals surface area contributed by atoms with Gasteiger partial charge in [-0.3, -0.25) is 9.59 Å². The Morgan fingerprint density at radius 3 is 2.29 bits per heavy atom. The van der Waals surface area contributed by atoms with Gasteiger partial charge in [0.1, 0.15) is 17.5 Å². The zero-order chi connectivity index (χ0) is 22.2. The molecule has 1 fully saturated rings. The van der Waals surface area contributed by atoms with Crippen LogP contribution in [0.25, 0.3) is 0 Å². The van der Waals surface area contributed by atoms with Gasteiger partial charge >= 0.3 is 0 Å². The van der Waals surface area contributed by atoms with E-state index in [1.54, 1.807) is 18.9 Å². The molecule has 7 heteroatoms. The average Bonchev–Trinajstić information content (AvgIpc) is 3.30. The number of halogens is 1. The maximum Gasteiger partial charge on any atom is 0.261 e. The van der Waals surface area contributed by atoms with Crippen molar-refractivity contribution in [3.05, 3.63) is 57.7 Å². The molecule has 1 saturated carbocycles. The van der Waals surface area contributed by atoms with Gasteiger partial charge in [0, 0.05) is 16.2 Å². The number of hydrogen-bond acceptors (Lipinski definition) is 4. The summed E-state index contributed by atoms with van der Waals surface area (Å²) in [7, 11) is 1.61. The van der Waals surface area contributed by atoms with Crippen LogP contribution in [0.15, 0.2) is 48.5 Å². The van der Waals surface area contributed by atoms with E-state index >= 15 is 0 Å². The second-order valence-corrected chi connectivity index (χ2v) is 9.02. The van der Waals surface area contributed by atoms with Crippen molar-refractivity contribution in [2.45, 2.75) is 51.2 Å². The van der Waals surface area contributed by atoms with E-state index in [-0.39, 0.29) is 24.5 Å². The number of carbonyl (C=O) groups is 2. The van der Waals surface area contributed by atoms with E-state index < -0.39 is 6.04 Å². The van der Waals surface area contributed by atoms with Gasteiger partial charge in [-0.25, -0.2) is 0 Å². The molecule has 0 unspecified atom stereocenters. The maximum atomic E-state index is 13.1. The first-order valence-corrected chi connectivity index (χ1v) is 11.7. The molecule has 2 amide bonds. The Kier molecular flexibility index (Phi) is 8.57. The van der Waals surface area contributed by atoms with Crippen LogP contribution in [0.1, 0.15) is 38.2 Å². The Balaban J connectivity index is 1.70. The minimum absolute atomic E-state index is 0.122. The molecule has 0 bridgehead atoms. The van der Waals surface area contributed by atoms with Crippen molar-refractivity contribution in [1.29, 1.82) is 0 Å². The lowest BCUT2D eigenvalue weighted by Crippen LogP contribution is -2.50. The molecule has 0 saturated heterocycles. The smallest absolute Gasteiger partial charge is 0.261 e. The number of nitrogens with one attached hydrogen (secondary N) is 1. The van der Waals surface area contributed by atoms with E-state index in [9.17, 15) is 9.59 Å². The molecule has 6 nitrogen and oxygen atoms in total. The van der Waals surface area contributed by atoms with Crippen LogP contribution in [0.5, 0.6) is 11.5 Å². The molecule has 3 rings (SSSR count). The van der Waals surface area contributed by atoms with Gasteiger partial charge in [0.05, 0.1) is 7.11 Å². The molecular formula is C24H29IN2O4. The van der Waals surface area contributed by atoms with Gasteiger partial charge in [-0.05, 0) is 84.3 Å². The van der Waals surface area contributed by atoms with Crippen LogP contribution in [0.3, 0.4) is 0 Å². The van der Waals surface area contributed by atoms with Crippen LogP contribution in [-0.4, -0.2) is 42.5 Å². The third kappa shape index (κ3) is 6.85. The third-order valence-electron chi connectivity index (χ3n) is 5.56. The Morgan fingerprint density at radius 2 is 1.68 bits per heavy atom. The maximum absolute atomic E-state index is 13.1. The van der Waals surface area contributed by atoms with Gasteiger partial charge in [0.25, 0.3) is 5.91 Å². The van der Waals surface area contributed by atoms with Crippen LogP contribution in [-0.2, 0) is 16.1 Å². The summed E-state index contributed by atoms with van der Waals surface area (Å²) in [6, 6.07) is 14.6. The number of amides is 2. The van der Waals surface area contributed by atoms with Crippen molar-refractivity contribution >= 4 is 34.4 Å². The van der Waals surface area contributed by atoms with Crippen molar-refractivity contribution in [2.75, 3.05) is 13.7 Å². The van der Waals surface area contributed by atoms with Gasteiger partial charge in [-0.2, -0.15) is 0 Å². The van der Waals surface area contributed by atoms with Gasteiger partial charge in [-0.15, -0.1) is 0 Å². The second kappa shape index (κ2) is 11.4. The van der Waals surface area contributed by atoms with Gasteiger partial charge < -0.3 is 19.7 Å². The van der Waals surface area contributed by atoms with Gasteiger partial charge in [0.15, 0.2) is 6.61 Å². The number of rotatable bonds is 9. The Bertz CT molecular complexity index is 864. The van der Waals surface area contributed by atoms with E-state index in [1.165, 1.54) is 0 Å². The summed E-state index contributed by atoms with van der Waals surface area (Å²) in [5.74, 6) is 1.02. The summed E-state index contributed by atoms with van der Waals surface area (Å²) in [5.41, 5.74) is 0.920. The van der Waals surface area contributed by atoms with Gasteiger partial charge in [-0.1, -0.05) is 25.0 Å². The lowest BCUT2D eigenvalue weighted by atomic mass is 10.1. The first kappa shape index (κ1) is 23.4. The van der Waals surface area contributed by atoms with Crippen molar-refractivity contribution in [3.63, 3.8) is 0 Å². The number of carbonyl (C=O) groups excluding carboxylic acids is 2. The minimum Gasteiger partial charge on any atom is -0.497 e. The molecule has 31 heavy (non-hydrogen) atoms. The first-order chi connectivity index (χ1) is 15.0. The van der Waals surface area contributed by atoms with E-state index in [0.29, 0.717) is 12.3 Å². The number of methoxy groups -OCH3 is 1. The van der Waals surface area contributed by atoms with Crippen LogP contribution in [0.2, 0.25) is 0 Å². The molecule has 0 aromatic heterocycles. The molecule has 1 aliphatic rings. The third-order valence-corrected chi connectivity index (χ3v) is 6.28. The molecule has 2 aromatic carbocycles. The number of benzene rings is 2. The SMILES string of the molecule is COc1ccc(CN(C(=O)COc2ccc(I)cc2)[C@H](C)C(=O)NC2CCCC2)cc1. The highest BCUT2D eigenvalue weighted by Crippen LogP contribution is 2.19. The van der Waals surface area contributed by atoms with Crippen molar-refractivity contribution in [2.24, 2.45) is 0 Å². The van der Waals surface area contributed by atoms with Crippen LogP contribution < -0.4 is 14.8 Å². The van der Waals surface area contributed by atoms with Crippen molar-refractivity contribution in [3.8, 4) is 11.5 Å². The molecule has 1 N–H and O–H groups in total. The zero-order valence-corrected chi connectivity index (χ0v) is 20.1. The van der Waals surface area contributed by atoms with Crippen molar-refractivity contribution < 1.29 is 19.1 Å². The molecular weight excluding hydrogens is 507 g/mol. The lowest BCUT2D eigenvalue weighted by molar-refractivity contribution is -0.142. The molecule has 166 valence electrons. The monoisotopic (exact) mass is 536 g/mol. The summed E-state index contributed by atoms with van der Waals surface area (Å²) in [4.78, 5) is 27.6. The van der Waals surface area contributed by atoms with Crippen molar-refractivity contribution in [1.82, 2.24) is 10.2 Å². The fourth-order valence-electron chi connectivity index (χ4n) is 3.66. The molecule has 0 aliphatic heterocycles.